The van der Waals surface area contributed by atoms with Gasteiger partial charge in [0.1, 0.15) is 10.8 Å². The number of hydrogen-bond donors (Lipinski definition) is 1. The predicted octanol–water partition coefficient (Wildman–Crippen LogP) is 6.80. The Morgan fingerprint density at radius 2 is 2.03 bits per heavy atom. The van der Waals surface area contributed by atoms with Gasteiger partial charge in [-0.15, -0.1) is 28.1 Å². The fourth-order valence-electron chi connectivity index (χ4n) is 4.57. The number of amides is 1. The van der Waals surface area contributed by atoms with Crippen LogP contribution in [0.2, 0.25) is 5.02 Å². The molecular formula is C28H33ClN4O4S2. The number of benzene rings is 1. The second-order valence-electron chi connectivity index (χ2n) is 9.36. The summed E-state index contributed by atoms with van der Waals surface area (Å²) in [5.41, 5.74) is 2.44. The van der Waals surface area contributed by atoms with Gasteiger partial charge in [0.05, 0.1) is 18.4 Å². The molecule has 0 radical (unpaired) electrons. The monoisotopic (exact) mass is 588 g/mol. The van der Waals surface area contributed by atoms with Crippen LogP contribution in [0.5, 0.6) is 5.75 Å². The number of carbonyl (C=O) groups excluding carboxylic acids is 2. The number of fused-ring (bicyclic) bond motifs is 1. The zero-order valence-electron chi connectivity index (χ0n) is 22.4. The highest BCUT2D eigenvalue weighted by Crippen LogP contribution is 2.38. The Morgan fingerprint density at radius 1 is 1.26 bits per heavy atom. The lowest BCUT2D eigenvalue weighted by Gasteiger charge is -2.16. The molecule has 3 aromatic rings. The minimum atomic E-state index is -0.406. The molecule has 0 saturated heterocycles. The number of nitrogens with zero attached hydrogens (tertiary/aromatic N) is 3. The summed E-state index contributed by atoms with van der Waals surface area (Å²) in [6, 6.07) is 5.49. The van der Waals surface area contributed by atoms with Crippen LogP contribution in [0.1, 0.15) is 70.9 Å². The number of thiophene rings is 1. The van der Waals surface area contributed by atoms with Crippen molar-refractivity contribution in [2.24, 2.45) is 0 Å². The van der Waals surface area contributed by atoms with Crippen LogP contribution in [-0.4, -0.2) is 39.5 Å². The first-order valence-electron chi connectivity index (χ1n) is 12.9. The Labute approximate surface area is 242 Å². The number of thioether (sulfide) groups is 1. The molecule has 1 atom stereocenters. The zero-order chi connectivity index (χ0) is 27.9. The van der Waals surface area contributed by atoms with Gasteiger partial charge in [0.15, 0.2) is 17.1 Å². The minimum Gasteiger partial charge on any atom is -0.483 e. The summed E-state index contributed by atoms with van der Waals surface area (Å²) in [6.07, 6.45) is 7.53. The lowest BCUT2D eigenvalue weighted by Crippen LogP contribution is -2.17. The molecular weight excluding hydrogens is 556 g/mol. The summed E-state index contributed by atoms with van der Waals surface area (Å²) in [5.74, 6) is 0.768. The smallest absolute Gasteiger partial charge is 0.341 e. The summed E-state index contributed by atoms with van der Waals surface area (Å²) in [4.78, 5) is 26.8. The van der Waals surface area contributed by atoms with Gasteiger partial charge in [-0.05, 0) is 68.9 Å². The van der Waals surface area contributed by atoms with Gasteiger partial charge in [-0.1, -0.05) is 42.3 Å². The van der Waals surface area contributed by atoms with Crippen LogP contribution in [0.25, 0.3) is 0 Å². The Balaban J connectivity index is 1.47. The third kappa shape index (κ3) is 7.04. The molecule has 0 spiro atoms. The highest BCUT2D eigenvalue weighted by molar-refractivity contribution is 7.99. The van der Waals surface area contributed by atoms with E-state index in [2.05, 4.69) is 22.1 Å². The summed E-state index contributed by atoms with van der Waals surface area (Å²) in [7, 11) is 1.37. The Morgan fingerprint density at radius 3 is 2.74 bits per heavy atom. The second-order valence-corrected chi connectivity index (χ2v) is 11.8. The number of rotatable bonds is 10. The number of nitrogens with one attached hydrogen (secondary N) is 1. The van der Waals surface area contributed by atoms with E-state index in [-0.39, 0.29) is 11.7 Å². The molecule has 2 heterocycles. The summed E-state index contributed by atoms with van der Waals surface area (Å²) in [6.45, 7) is 8.13. The van der Waals surface area contributed by atoms with Crippen LogP contribution in [0, 0.1) is 6.92 Å². The molecule has 1 unspecified atom stereocenters. The molecule has 8 nitrogen and oxygen atoms in total. The number of methoxy groups -OCH3 is 1. The molecule has 2 aromatic heterocycles. The molecule has 39 heavy (non-hydrogen) atoms. The van der Waals surface area contributed by atoms with Gasteiger partial charge >= 0.3 is 5.97 Å². The number of aryl methyl sites for hydroxylation is 2. The largest absolute Gasteiger partial charge is 0.483 e. The lowest BCUT2D eigenvalue weighted by atomic mass is 9.96. The van der Waals surface area contributed by atoms with E-state index in [4.69, 9.17) is 21.1 Å². The number of carbonyl (C=O) groups is 2. The molecule has 11 heteroatoms. The van der Waals surface area contributed by atoms with Crippen LogP contribution in [0.3, 0.4) is 0 Å². The molecule has 1 aliphatic rings. The van der Waals surface area contributed by atoms with Crippen molar-refractivity contribution in [3.05, 3.63) is 63.3 Å². The average Bonchev–Trinajstić information content (AvgIpc) is 3.45. The van der Waals surface area contributed by atoms with Crippen molar-refractivity contribution < 1.29 is 19.1 Å². The van der Waals surface area contributed by atoms with Gasteiger partial charge in [-0.2, -0.15) is 0 Å². The fraction of sp³-hybridized carbons (Fsp3) is 0.429. The molecule has 208 valence electrons. The number of hydrogen-bond acceptors (Lipinski definition) is 8. The van der Waals surface area contributed by atoms with E-state index < -0.39 is 12.1 Å². The second kappa shape index (κ2) is 13.5. The van der Waals surface area contributed by atoms with E-state index in [0.717, 1.165) is 43.2 Å². The molecule has 4 rings (SSSR count). The first kappa shape index (κ1) is 29.2. The standard InChI is InChI=1S/C28H33ClN4O4S2/c1-5-14-33-25(18(3)37-19-12-13-21(29)17(2)15-19)31-32-28(33)38-16-23(34)30-26-24(27(35)36-4)20-10-8-6-7-9-11-22(20)39-26/h5,12-13,15,18H,1,6-11,14,16H2,2-4H3,(H,30,34). The lowest BCUT2D eigenvalue weighted by molar-refractivity contribution is -0.113. The average molecular weight is 589 g/mol. The van der Waals surface area contributed by atoms with Crippen molar-refractivity contribution in [1.29, 1.82) is 0 Å². The molecule has 0 aliphatic heterocycles. The Hall–Kier alpha value is -2.82. The summed E-state index contributed by atoms with van der Waals surface area (Å²) < 4.78 is 13.1. The molecule has 1 aliphatic carbocycles. The summed E-state index contributed by atoms with van der Waals surface area (Å²) in [5, 5.41) is 13.4. The van der Waals surface area contributed by atoms with Gasteiger partial charge in [0.2, 0.25) is 5.91 Å². The zero-order valence-corrected chi connectivity index (χ0v) is 24.8. The normalized spacial score (nSPS) is 14.1. The van der Waals surface area contributed by atoms with Crippen molar-refractivity contribution >= 4 is 51.6 Å². The van der Waals surface area contributed by atoms with Gasteiger partial charge in [0, 0.05) is 16.4 Å². The molecule has 0 saturated carbocycles. The van der Waals surface area contributed by atoms with Crippen LogP contribution >= 0.6 is 34.7 Å². The fourth-order valence-corrected chi connectivity index (χ4v) is 6.74. The number of esters is 1. The van der Waals surface area contributed by atoms with Crippen molar-refractivity contribution in [3.8, 4) is 5.75 Å². The highest BCUT2D eigenvalue weighted by atomic mass is 35.5. The van der Waals surface area contributed by atoms with E-state index in [0.29, 0.717) is 38.9 Å². The van der Waals surface area contributed by atoms with Crippen LogP contribution in [0.4, 0.5) is 5.00 Å². The predicted molar refractivity (Wildman–Crippen MR) is 156 cm³/mol. The van der Waals surface area contributed by atoms with Crippen molar-refractivity contribution in [2.45, 2.75) is 70.2 Å². The van der Waals surface area contributed by atoms with Gasteiger partial charge in [0.25, 0.3) is 0 Å². The van der Waals surface area contributed by atoms with E-state index in [1.165, 1.54) is 41.5 Å². The quantitative estimate of drug-likeness (QED) is 0.158. The third-order valence-corrected chi connectivity index (χ3v) is 9.11. The molecule has 1 N–H and O–H groups in total. The topological polar surface area (TPSA) is 95.3 Å². The van der Waals surface area contributed by atoms with E-state index in [1.807, 2.05) is 30.5 Å². The Kier molecular flexibility index (Phi) is 10.1. The van der Waals surface area contributed by atoms with Crippen LogP contribution < -0.4 is 10.1 Å². The maximum absolute atomic E-state index is 13.0. The van der Waals surface area contributed by atoms with Crippen LogP contribution in [-0.2, 0) is 28.9 Å². The number of ether oxygens (including phenoxy) is 2. The van der Waals surface area contributed by atoms with E-state index >= 15 is 0 Å². The van der Waals surface area contributed by atoms with Gasteiger partial charge in [-0.25, -0.2) is 4.79 Å². The summed E-state index contributed by atoms with van der Waals surface area (Å²) >= 11 is 8.89. The van der Waals surface area contributed by atoms with Crippen LogP contribution in [0.15, 0.2) is 36.0 Å². The maximum atomic E-state index is 13.0. The first-order valence-corrected chi connectivity index (χ1v) is 15.1. The van der Waals surface area contributed by atoms with Crippen molar-refractivity contribution in [2.75, 3.05) is 18.2 Å². The molecule has 1 amide bonds. The van der Waals surface area contributed by atoms with Gasteiger partial charge < -0.3 is 14.8 Å². The van der Waals surface area contributed by atoms with E-state index in [1.54, 1.807) is 12.1 Å². The van der Waals surface area contributed by atoms with Crippen molar-refractivity contribution in [3.63, 3.8) is 0 Å². The number of halogens is 1. The minimum absolute atomic E-state index is 0.101. The highest BCUT2D eigenvalue weighted by Gasteiger charge is 2.26. The Bertz CT molecular complexity index is 1350. The maximum Gasteiger partial charge on any atom is 0.341 e. The first-order chi connectivity index (χ1) is 18.8. The third-order valence-electron chi connectivity index (χ3n) is 6.51. The molecule has 0 fully saturated rings. The number of aromatic nitrogens is 3. The van der Waals surface area contributed by atoms with Gasteiger partial charge in [-0.3, -0.25) is 9.36 Å². The SMILES string of the molecule is C=CCn1c(SCC(=O)Nc2sc3c(c2C(=O)OC)CCCCCC3)nnc1C(C)Oc1ccc(Cl)c(C)c1. The number of allylic oxidation sites excluding steroid dienone is 1. The number of anilines is 1. The van der Waals surface area contributed by atoms with Crippen molar-refractivity contribution in [1.82, 2.24) is 14.8 Å². The molecule has 0 bridgehead atoms. The van der Waals surface area contributed by atoms with E-state index in [9.17, 15) is 9.59 Å². The molecule has 1 aromatic carbocycles.